The maximum atomic E-state index is 12.7. The topological polar surface area (TPSA) is 55.8 Å². The van der Waals surface area contributed by atoms with Crippen LogP contribution in [0.15, 0.2) is 41.3 Å². The summed E-state index contributed by atoms with van der Waals surface area (Å²) in [4.78, 5) is 26.3. The number of alkyl halides is 2. The molecule has 1 aliphatic heterocycles. The number of hydrogen-bond donors (Lipinski definition) is 0. The molecule has 1 aliphatic rings. The van der Waals surface area contributed by atoms with E-state index >= 15 is 0 Å². The van der Waals surface area contributed by atoms with Crippen molar-refractivity contribution >= 4 is 52.2 Å². The zero-order valence-corrected chi connectivity index (χ0v) is 17.9. The zero-order valence-electron chi connectivity index (χ0n) is 15.5. The van der Waals surface area contributed by atoms with Crippen molar-refractivity contribution in [3.05, 3.63) is 62.5 Å². The Bertz CT molecular complexity index is 1020. The minimum atomic E-state index is -2.99. The van der Waals surface area contributed by atoms with E-state index in [9.17, 15) is 18.4 Å². The smallest absolute Gasteiger partial charge is 0.387 e. The maximum Gasteiger partial charge on any atom is 0.387 e. The van der Waals surface area contributed by atoms with E-state index in [-0.39, 0.29) is 29.6 Å². The van der Waals surface area contributed by atoms with E-state index < -0.39 is 17.8 Å². The predicted molar refractivity (Wildman–Crippen MR) is 112 cm³/mol. The Labute approximate surface area is 185 Å². The van der Waals surface area contributed by atoms with E-state index in [0.717, 1.165) is 16.7 Å². The highest BCUT2D eigenvalue weighted by molar-refractivity contribution is 8.18. The molecule has 2 aromatic carbocycles. The Hall–Kier alpha value is -2.29. The molecule has 0 atom stereocenters. The Morgan fingerprint density at radius 3 is 2.57 bits per heavy atom. The van der Waals surface area contributed by atoms with Gasteiger partial charge in [-0.25, -0.2) is 0 Å². The van der Waals surface area contributed by atoms with Gasteiger partial charge in [-0.3, -0.25) is 14.5 Å². The molecule has 1 fully saturated rings. The molecule has 0 spiro atoms. The van der Waals surface area contributed by atoms with Crippen LogP contribution in [0.25, 0.3) is 6.08 Å². The lowest BCUT2D eigenvalue weighted by atomic mass is 10.1. The van der Waals surface area contributed by atoms with Gasteiger partial charge < -0.3 is 9.47 Å². The lowest BCUT2D eigenvalue weighted by Crippen LogP contribution is -2.27. The molecule has 2 aromatic rings. The van der Waals surface area contributed by atoms with E-state index in [2.05, 4.69) is 4.74 Å². The molecule has 0 aliphatic carbocycles. The van der Waals surface area contributed by atoms with E-state index in [1.165, 1.54) is 30.3 Å². The van der Waals surface area contributed by atoms with Gasteiger partial charge in [-0.1, -0.05) is 35.3 Å². The molecule has 2 amide bonds. The number of hydrogen-bond acceptors (Lipinski definition) is 5. The fourth-order valence-electron chi connectivity index (χ4n) is 2.68. The summed E-state index contributed by atoms with van der Waals surface area (Å²) < 4.78 is 34.8. The average molecular weight is 474 g/mol. The molecular formula is C20H15Cl2F2NO4S. The quantitative estimate of drug-likeness (QED) is 0.446. The molecular weight excluding hydrogens is 459 g/mol. The number of rotatable bonds is 7. The van der Waals surface area contributed by atoms with Crippen LogP contribution in [0.5, 0.6) is 11.5 Å². The van der Waals surface area contributed by atoms with Gasteiger partial charge in [0.2, 0.25) is 0 Å². The maximum absolute atomic E-state index is 12.7. The second-order valence-electron chi connectivity index (χ2n) is 6.02. The lowest BCUT2D eigenvalue weighted by molar-refractivity contribution is -0.123. The first-order valence-corrected chi connectivity index (χ1v) is 10.3. The summed E-state index contributed by atoms with van der Waals surface area (Å²) in [5, 5.41) is 0.351. The van der Waals surface area contributed by atoms with Crippen LogP contribution >= 0.6 is 35.0 Å². The van der Waals surface area contributed by atoms with Crippen molar-refractivity contribution in [2.45, 2.75) is 20.1 Å². The number of nitrogens with zero attached hydrogens (tertiary/aromatic N) is 1. The first-order valence-electron chi connectivity index (χ1n) is 8.69. The molecule has 1 heterocycles. The first-order chi connectivity index (χ1) is 14.3. The molecule has 5 nitrogen and oxygen atoms in total. The molecule has 30 heavy (non-hydrogen) atoms. The van der Waals surface area contributed by atoms with Crippen molar-refractivity contribution in [3.8, 4) is 11.5 Å². The van der Waals surface area contributed by atoms with Crippen LogP contribution in [-0.2, 0) is 11.3 Å². The summed E-state index contributed by atoms with van der Waals surface area (Å²) >= 11 is 12.8. The second-order valence-corrected chi connectivity index (χ2v) is 7.86. The molecule has 1 saturated heterocycles. The molecule has 0 radical (unpaired) electrons. The summed E-state index contributed by atoms with van der Waals surface area (Å²) in [5.41, 5.74) is 1.08. The largest absolute Gasteiger partial charge is 0.490 e. The number of amides is 2. The Kier molecular flexibility index (Phi) is 7.23. The summed E-state index contributed by atoms with van der Waals surface area (Å²) in [6, 6.07) is 9.07. The lowest BCUT2D eigenvalue weighted by Gasteiger charge is -2.14. The molecule has 10 heteroatoms. The van der Waals surface area contributed by atoms with Crippen LogP contribution in [0.4, 0.5) is 13.6 Å². The van der Waals surface area contributed by atoms with E-state index in [1.54, 1.807) is 19.1 Å². The van der Waals surface area contributed by atoms with Gasteiger partial charge in [0.05, 0.1) is 18.1 Å². The molecule has 0 saturated carbocycles. The number of carbonyl (C=O) groups excluding carboxylic acids is 2. The van der Waals surface area contributed by atoms with Gasteiger partial charge in [0, 0.05) is 10.0 Å². The second kappa shape index (κ2) is 9.68. The first kappa shape index (κ1) is 22.4. The van der Waals surface area contributed by atoms with Crippen molar-refractivity contribution in [1.82, 2.24) is 4.90 Å². The van der Waals surface area contributed by atoms with Gasteiger partial charge in [0.25, 0.3) is 11.1 Å². The van der Waals surface area contributed by atoms with Gasteiger partial charge in [-0.05, 0) is 60.2 Å². The minimum absolute atomic E-state index is 0.00334. The third kappa shape index (κ3) is 5.24. The molecule has 0 N–H and O–H groups in total. The number of imide groups is 1. The Morgan fingerprint density at radius 2 is 1.90 bits per heavy atom. The van der Waals surface area contributed by atoms with Crippen LogP contribution in [0.3, 0.4) is 0 Å². The van der Waals surface area contributed by atoms with Gasteiger partial charge in [0.15, 0.2) is 11.5 Å². The Morgan fingerprint density at radius 1 is 1.13 bits per heavy atom. The highest BCUT2D eigenvalue weighted by atomic mass is 35.5. The van der Waals surface area contributed by atoms with Crippen molar-refractivity contribution < 1.29 is 27.8 Å². The highest BCUT2D eigenvalue weighted by Gasteiger charge is 2.35. The van der Waals surface area contributed by atoms with Crippen LogP contribution in [0.2, 0.25) is 10.0 Å². The van der Waals surface area contributed by atoms with Gasteiger partial charge in [0.1, 0.15) is 0 Å². The number of halogens is 4. The summed E-state index contributed by atoms with van der Waals surface area (Å²) in [7, 11) is 0. The van der Waals surface area contributed by atoms with Crippen LogP contribution in [0.1, 0.15) is 18.1 Å². The van der Waals surface area contributed by atoms with E-state index in [1.807, 2.05) is 0 Å². The van der Waals surface area contributed by atoms with Crippen molar-refractivity contribution in [2.24, 2.45) is 0 Å². The third-order valence-corrected chi connectivity index (χ3v) is 5.49. The zero-order chi connectivity index (χ0) is 21.8. The van der Waals surface area contributed by atoms with Crippen molar-refractivity contribution in [1.29, 1.82) is 0 Å². The molecule has 0 aromatic heterocycles. The molecule has 0 unspecified atom stereocenters. The number of benzene rings is 2. The van der Waals surface area contributed by atoms with Gasteiger partial charge in [-0.15, -0.1) is 0 Å². The third-order valence-electron chi connectivity index (χ3n) is 4.00. The molecule has 0 bridgehead atoms. The fourth-order valence-corrected chi connectivity index (χ4v) is 3.99. The standard InChI is InChI=1S/C20H15Cl2F2NO4S/c1-2-28-16-7-11(3-6-15(16)29-19(23)24)8-17-18(26)25(20(27)30-17)10-12-4-5-13(21)9-14(12)22/h3-9,19H,2,10H2,1H3/b17-8-. The molecule has 158 valence electrons. The Balaban J connectivity index is 1.83. The molecule has 3 rings (SSSR count). The van der Waals surface area contributed by atoms with Gasteiger partial charge in [-0.2, -0.15) is 8.78 Å². The van der Waals surface area contributed by atoms with Crippen molar-refractivity contribution in [3.63, 3.8) is 0 Å². The van der Waals surface area contributed by atoms with Crippen LogP contribution < -0.4 is 9.47 Å². The summed E-state index contributed by atoms with van der Waals surface area (Å²) in [6.07, 6.45) is 1.49. The number of carbonyl (C=O) groups is 2. The van der Waals surface area contributed by atoms with Crippen LogP contribution in [-0.4, -0.2) is 29.3 Å². The monoisotopic (exact) mass is 473 g/mol. The summed E-state index contributed by atoms with van der Waals surface area (Å²) in [6.45, 7) is -1.05. The fraction of sp³-hybridized carbons (Fsp3) is 0.200. The normalized spacial score (nSPS) is 15.4. The van der Waals surface area contributed by atoms with E-state index in [0.29, 0.717) is 21.2 Å². The highest BCUT2D eigenvalue weighted by Crippen LogP contribution is 2.36. The number of ether oxygens (including phenoxy) is 2. The minimum Gasteiger partial charge on any atom is -0.490 e. The predicted octanol–water partition coefficient (Wildman–Crippen LogP) is 6.23. The van der Waals surface area contributed by atoms with Gasteiger partial charge >= 0.3 is 6.61 Å². The van der Waals surface area contributed by atoms with Crippen LogP contribution in [0, 0.1) is 0 Å². The van der Waals surface area contributed by atoms with E-state index in [4.69, 9.17) is 27.9 Å². The van der Waals surface area contributed by atoms with Crippen molar-refractivity contribution in [2.75, 3.05) is 6.61 Å². The number of thioether (sulfide) groups is 1. The average Bonchev–Trinajstić information content (AvgIpc) is 2.93. The SMILES string of the molecule is CCOc1cc(/C=C2\SC(=O)N(Cc3ccc(Cl)cc3Cl)C2=O)ccc1OC(F)F. The summed E-state index contributed by atoms with van der Waals surface area (Å²) in [5.74, 6) is -0.491.